The number of hydrogen-bond donors (Lipinski definition) is 3. The molecule has 1 heterocycles. The maximum Gasteiger partial charge on any atom is 0.246 e. The number of nitrogens with zero attached hydrogens (tertiary/aromatic N) is 1. The van der Waals surface area contributed by atoms with E-state index < -0.39 is 23.9 Å². The number of anilines is 1. The van der Waals surface area contributed by atoms with Crippen LogP contribution in [0.15, 0.2) is 24.3 Å². The van der Waals surface area contributed by atoms with Gasteiger partial charge in [0.25, 0.3) is 0 Å². The van der Waals surface area contributed by atoms with Crippen LogP contribution in [0.5, 0.6) is 0 Å². The van der Waals surface area contributed by atoms with Crippen LogP contribution in [0.4, 0.5) is 5.69 Å². The summed E-state index contributed by atoms with van der Waals surface area (Å²) in [7, 11) is 0. The molecule has 9 heteroatoms. The molecular weight excluding hydrogens is 448 g/mol. The second-order valence-electron chi connectivity index (χ2n) is 9.75. The molecular formula is C26H38N4O5. The third-order valence-electron chi connectivity index (χ3n) is 6.29. The fourth-order valence-electron chi connectivity index (χ4n) is 3.90. The number of aryl methyl sites for hydroxylation is 1. The van der Waals surface area contributed by atoms with E-state index in [0.29, 0.717) is 5.69 Å². The molecule has 0 aromatic heterocycles. The lowest BCUT2D eigenvalue weighted by atomic mass is 9.94. The zero-order valence-electron chi connectivity index (χ0n) is 21.5. The predicted octanol–water partition coefficient (Wildman–Crippen LogP) is 2.25. The van der Waals surface area contributed by atoms with Crippen LogP contribution in [-0.4, -0.2) is 53.1 Å². The Hall–Kier alpha value is -3.23. The number of amides is 5. The summed E-state index contributed by atoms with van der Waals surface area (Å²) in [6, 6.07) is 5.78. The van der Waals surface area contributed by atoms with Crippen molar-refractivity contribution in [3.8, 4) is 0 Å². The Morgan fingerprint density at radius 3 is 2.11 bits per heavy atom. The summed E-state index contributed by atoms with van der Waals surface area (Å²) in [5, 5.41) is 8.10. The predicted molar refractivity (Wildman–Crippen MR) is 133 cm³/mol. The molecule has 1 aromatic carbocycles. The van der Waals surface area contributed by atoms with E-state index in [1.165, 1.54) is 0 Å². The largest absolute Gasteiger partial charge is 0.344 e. The molecule has 9 nitrogen and oxygen atoms in total. The zero-order chi connectivity index (χ0) is 26.3. The van der Waals surface area contributed by atoms with Crippen molar-refractivity contribution in [2.75, 3.05) is 11.9 Å². The highest BCUT2D eigenvalue weighted by molar-refractivity contribution is 6.04. The maximum absolute atomic E-state index is 12.8. The molecule has 5 amide bonds. The minimum Gasteiger partial charge on any atom is -0.344 e. The smallest absolute Gasteiger partial charge is 0.246 e. The highest BCUT2D eigenvalue weighted by Crippen LogP contribution is 2.26. The van der Waals surface area contributed by atoms with Gasteiger partial charge in [0.1, 0.15) is 12.1 Å². The minimum atomic E-state index is -0.866. The summed E-state index contributed by atoms with van der Waals surface area (Å²) in [4.78, 5) is 63.6. The molecule has 3 atom stereocenters. The molecule has 0 saturated carbocycles. The van der Waals surface area contributed by atoms with Gasteiger partial charge in [-0.15, -0.1) is 0 Å². The van der Waals surface area contributed by atoms with Crippen LogP contribution in [0.2, 0.25) is 0 Å². The first-order valence-electron chi connectivity index (χ1n) is 12.3. The van der Waals surface area contributed by atoms with Gasteiger partial charge in [-0.3, -0.25) is 28.9 Å². The number of carbonyl (C=O) groups excluding carboxylic acids is 5. The van der Waals surface area contributed by atoms with E-state index >= 15 is 0 Å². The number of nitrogens with one attached hydrogen (secondary N) is 3. The van der Waals surface area contributed by atoms with Gasteiger partial charge in [-0.25, -0.2) is 0 Å². The average Bonchev–Trinajstić information content (AvgIpc) is 3.09. The lowest BCUT2D eigenvalue weighted by Gasteiger charge is -2.24. The molecule has 2 rings (SSSR count). The first-order chi connectivity index (χ1) is 16.4. The summed E-state index contributed by atoms with van der Waals surface area (Å²) in [6.07, 6.45) is 0.965. The Morgan fingerprint density at radius 2 is 1.60 bits per heavy atom. The topological polar surface area (TPSA) is 125 Å². The molecule has 1 aliphatic heterocycles. The highest BCUT2D eigenvalue weighted by Gasteiger charge is 2.40. The fourth-order valence-corrected chi connectivity index (χ4v) is 3.90. The van der Waals surface area contributed by atoms with Crippen LogP contribution >= 0.6 is 0 Å². The third kappa shape index (κ3) is 7.63. The van der Waals surface area contributed by atoms with Crippen molar-refractivity contribution >= 4 is 35.2 Å². The average molecular weight is 487 g/mol. The second kappa shape index (κ2) is 12.5. The molecule has 1 aliphatic rings. The second-order valence-corrected chi connectivity index (χ2v) is 9.75. The van der Waals surface area contributed by atoms with Gasteiger partial charge < -0.3 is 16.0 Å². The Kier molecular flexibility index (Phi) is 9.98. The quantitative estimate of drug-likeness (QED) is 0.414. The summed E-state index contributed by atoms with van der Waals surface area (Å²) in [5.41, 5.74) is 1.78. The van der Waals surface area contributed by atoms with Gasteiger partial charge in [-0.2, -0.15) is 0 Å². The number of benzene rings is 1. The van der Waals surface area contributed by atoms with Gasteiger partial charge in [-0.05, 0) is 42.9 Å². The Labute approximate surface area is 207 Å². The normalized spacial score (nSPS) is 17.5. The molecule has 0 spiro atoms. The van der Waals surface area contributed by atoms with Crippen molar-refractivity contribution in [3.05, 3.63) is 29.8 Å². The highest BCUT2D eigenvalue weighted by atomic mass is 16.2. The molecule has 1 fully saturated rings. The number of imide groups is 1. The third-order valence-corrected chi connectivity index (χ3v) is 6.29. The van der Waals surface area contributed by atoms with Gasteiger partial charge in [-0.1, -0.05) is 46.8 Å². The van der Waals surface area contributed by atoms with E-state index in [1.807, 2.05) is 45.0 Å². The van der Waals surface area contributed by atoms with Gasteiger partial charge >= 0.3 is 0 Å². The Morgan fingerprint density at radius 1 is 0.971 bits per heavy atom. The summed E-state index contributed by atoms with van der Waals surface area (Å²) in [5.74, 6) is -2.36. The van der Waals surface area contributed by atoms with Crippen LogP contribution in [0, 0.1) is 17.8 Å². The van der Waals surface area contributed by atoms with Crippen molar-refractivity contribution in [1.29, 1.82) is 0 Å². The van der Waals surface area contributed by atoms with E-state index in [4.69, 9.17) is 0 Å². The van der Waals surface area contributed by atoms with Crippen molar-refractivity contribution in [2.24, 2.45) is 17.8 Å². The molecule has 1 saturated heterocycles. The number of carbonyl (C=O) groups is 5. The van der Waals surface area contributed by atoms with Gasteiger partial charge in [0.05, 0.1) is 0 Å². The summed E-state index contributed by atoms with van der Waals surface area (Å²) in [6.45, 7) is 10.9. The molecule has 3 N–H and O–H groups in total. The van der Waals surface area contributed by atoms with Crippen LogP contribution in [0.3, 0.4) is 0 Å². The summed E-state index contributed by atoms with van der Waals surface area (Å²) < 4.78 is 0. The van der Waals surface area contributed by atoms with Crippen LogP contribution in [0.1, 0.15) is 59.9 Å². The Balaban J connectivity index is 1.89. The monoisotopic (exact) mass is 486 g/mol. The number of rotatable bonds is 11. The van der Waals surface area contributed by atoms with Crippen LogP contribution in [-0.2, 0) is 30.4 Å². The van der Waals surface area contributed by atoms with Crippen molar-refractivity contribution < 1.29 is 24.0 Å². The van der Waals surface area contributed by atoms with E-state index in [2.05, 4.69) is 16.0 Å². The van der Waals surface area contributed by atoms with Gasteiger partial charge in [0.15, 0.2) is 0 Å². The molecule has 0 aliphatic carbocycles. The first-order valence-corrected chi connectivity index (χ1v) is 12.3. The van der Waals surface area contributed by atoms with Crippen LogP contribution < -0.4 is 16.0 Å². The molecule has 3 unspecified atom stereocenters. The van der Waals surface area contributed by atoms with Crippen molar-refractivity contribution in [3.63, 3.8) is 0 Å². The molecule has 35 heavy (non-hydrogen) atoms. The summed E-state index contributed by atoms with van der Waals surface area (Å²) >= 11 is 0. The van der Waals surface area contributed by atoms with Crippen molar-refractivity contribution in [2.45, 2.75) is 72.9 Å². The minimum absolute atomic E-state index is 0.0191. The molecule has 192 valence electrons. The van der Waals surface area contributed by atoms with E-state index in [1.54, 1.807) is 20.8 Å². The SMILES string of the molecule is CCc1ccc(NC(=O)C(C)NC(=O)C(NC(=O)CCN2C(=O)CC(C(C)C)C2=O)C(C)C)cc1. The van der Waals surface area contributed by atoms with Crippen molar-refractivity contribution in [1.82, 2.24) is 15.5 Å². The van der Waals surface area contributed by atoms with E-state index in [0.717, 1.165) is 16.9 Å². The molecule has 0 bridgehead atoms. The number of likely N-dealkylation sites (tertiary alicyclic amines) is 1. The lowest BCUT2D eigenvalue weighted by Crippen LogP contribution is -2.54. The lowest BCUT2D eigenvalue weighted by molar-refractivity contribution is -0.140. The standard InChI is InChI=1S/C26H38N4O5/c1-7-18-8-10-19(11-9-18)28-24(33)17(6)27-25(34)23(16(4)5)29-21(31)12-13-30-22(32)14-20(15(2)3)26(30)35/h8-11,15-17,20,23H,7,12-14H2,1-6H3,(H,27,34)(H,28,33)(H,29,31). The van der Waals surface area contributed by atoms with E-state index in [9.17, 15) is 24.0 Å². The van der Waals surface area contributed by atoms with E-state index in [-0.39, 0.29) is 54.9 Å². The first kappa shape index (κ1) is 28.0. The van der Waals surface area contributed by atoms with Gasteiger partial charge in [0, 0.05) is 31.0 Å². The zero-order valence-corrected chi connectivity index (χ0v) is 21.5. The maximum atomic E-state index is 12.8. The fraction of sp³-hybridized carbons (Fsp3) is 0.577. The van der Waals surface area contributed by atoms with Gasteiger partial charge in [0.2, 0.25) is 29.5 Å². The Bertz CT molecular complexity index is 942. The number of hydrogen-bond acceptors (Lipinski definition) is 5. The molecule has 1 aromatic rings. The van der Waals surface area contributed by atoms with Crippen LogP contribution in [0.25, 0.3) is 0 Å². The molecule has 0 radical (unpaired) electrons.